The lowest BCUT2D eigenvalue weighted by atomic mass is 10.0. The zero-order valence-electron chi connectivity index (χ0n) is 23.1. The van der Waals surface area contributed by atoms with Crippen molar-refractivity contribution in [2.24, 2.45) is 7.05 Å². The lowest BCUT2D eigenvalue weighted by Gasteiger charge is -2.25. The van der Waals surface area contributed by atoms with Gasteiger partial charge in [0.1, 0.15) is 36.3 Å². The first-order valence-corrected chi connectivity index (χ1v) is 17.5. The van der Waals surface area contributed by atoms with Crippen LogP contribution in [0.25, 0.3) is 22.2 Å². The quantitative estimate of drug-likeness (QED) is 0.137. The average Bonchev–Trinajstić information content (AvgIpc) is 3.71. The number of halogens is 1. The van der Waals surface area contributed by atoms with E-state index in [1.54, 1.807) is 17.8 Å². The van der Waals surface area contributed by atoms with Crippen molar-refractivity contribution < 1.29 is 40.1 Å². The molecule has 3 saturated heterocycles. The number of nitrogens with zero attached hydrogens (tertiary/aromatic N) is 6. The van der Waals surface area contributed by atoms with Crippen LogP contribution in [0.15, 0.2) is 23.6 Å². The molecule has 0 spiro atoms. The second kappa shape index (κ2) is 11.0. The molecule has 7 heterocycles. The number of hydrogen-bond donors (Lipinski definition) is 5. The lowest BCUT2D eigenvalue weighted by molar-refractivity contribution is -0.0433. The van der Waals surface area contributed by atoms with E-state index in [0.717, 1.165) is 0 Å². The fraction of sp³-hybridized carbons (Fsp3) is 0.500. The van der Waals surface area contributed by atoms with Gasteiger partial charge in [-0.1, -0.05) is 12.2 Å². The van der Waals surface area contributed by atoms with E-state index in [0.29, 0.717) is 11.0 Å². The third kappa shape index (κ3) is 5.48. The molecule has 19 nitrogen and oxygen atoms in total. The molecule has 0 unspecified atom stereocenters. The second-order valence-corrected chi connectivity index (χ2v) is 14.9. The smallest absolute Gasteiger partial charge is 0.382 e. The third-order valence-corrected chi connectivity index (χ3v) is 10.3. The summed E-state index contributed by atoms with van der Waals surface area (Å²) in [5, 5.41) is 0. The molecule has 3 fully saturated rings. The summed E-state index contributed by atoms with van der Waals surface area (Å²) < 4.78 is 89.4. The van der Waals surface area contributed by atoms with Crippen molar-refractivity contribution in [3.05, 3.63) is 34.8 Å². The number of nitrogens with two attached hydrogens (primary N) is 2. The maximum atomic E-state index is 16.1. The van der Waals surface area contributed by atoms with Crippen LogP contribution in [0.5, 0.6) is 0 Å². The van der Waals surface area contributed by atoms with Gasteiger partial charge in [0, 0.05) is 31.8 Å². The molecule has 0 radical (unpaired) electrons. The SMILES string of the molecule is Cn1cc([C@@H]2O[C@@H]3CNS(=O)(=O)O[C@@H]4C[C@@H](CO[P@@](=O)(S)O[C@H]3[C@H]2F)O[C@H]4n2cnc3c(=O)[nH]c(N)nc32)c2ncnc(N)c21. The minimum Gasteiger partial charge on any atom is -0.382 e. The molecule has 3 aliphatic heterocycles. The number of ether oxygens (including phenoxy) is 2. The van der Waals surface area contributed by atoms with Gasteiger partial charge in [0.2, 0.25) is 5.95 Å². The summed E-state index contributed by atoms with van der Waals surface area (Å²) in [4.78, 5) is 30.9. The molecule has 0 aliphatic carbocycles. The first-order chi connectivity index (χ1) is 21.3. The Kier molecular flexibility index (Phi) is 7.41. The average molecular weight is 689 g/mol. The second-order valence-electron chi connectivity index (χ2n) is 10.6. The van der Waals surface area contributed by atoms with Gasteiger partial charge in [0.05, 0.1) is 24.6 Å². The fourth-order valence-corrected chi connectivity index (χ4v) is 8.21. The fourth-order valence-electron chi connectivity index (χ4n) is 5.77. The molecule has 0 amide bonds. The Labute approximate surface area is 257 Å². The summed E-state index contributed by atoms with van der Waals surface area (Å²) in [6.45, 7) is -5.26. The summed E-state index contributed by atoms with van der Waals surface area (Å²) in [7, 11) is -2.89. The monoisotopic (exact) mass is 688 g/mol. The van der Waals surface area contributed by atoms with Crippen LogP contribution >= 0.6 is 19.0 Å². The number of fused-ring (bicyclic) bond motifs is 5. The molecule has 8 atom stereocenters. The van der Waals surface area contributed by atoms with Crippen LogP contribution in [0.4, 0.5) is 16.2 Å². The van der Waals surface area contributed by atoms with Crippen LogP contribution in [0.2, 0.25) is 0 Å². The minimum absolute atomic E-state index is 0.00813. The Morgan fingerprint density at radius 3 is 2.78 bits per heavy atom. The molecule has 0 saturated carbocycles. The highest BCUT2D eigenvalue weighted by atomic mass is 32.7. The molecule has 7 rings (SSSR count). The summed E-state index contributed by atoms with van der Waals surface area (Å²) in [6, 6.07) is 0. The van der Waals surface area contributed by atoms with Gasteiger partial charge in [-0.05, 0) is 0 Å². The number of aromatic nitrogens is 7. The van der Waals surface area contributed by atoms with Gasteiger partial charge in [-0.2, -0.15) is 18.1 Å². The van der Waals surface area contributed by atoms with Crippen molar-refractivity contribution in [3.63, 3.8) is 0 Å². The van der Waals surface area contributed by atoms with Crippen LogP contribution in [-0.4, -0.2) is 86.2 Å². The lowest BCUT2D eigenvalue weighted by Crippen LogP contribution is -2.41. The molecule has 4 aromatic rings. The molecule has 242 valence electrons. The number of H-pyrrole nitrogens is 1. The Hall–Kier alpha value is -3.21. The van der Waals surface area contributed by atoms with Crippen LogP contribution in [-0.2, 0) is 44.6 Å². The standard InChI is InChI=1S/C22H26FN10O9PS2/c1-32-4-9(13-15(32)18(24)27-6-26-13)16-12(23)17-11(40-16)3-29-45(36,37)42-10-2-8(5-38-43(35,44)41-17)39-21(10)33-7-28-14-19(33)30-22(25)31-20(14)34/h4,6-8,10-12,16-17,21,29H,2-3,5H2,1H3,(H,35,44)(H2,24,26,27)(H3,25,30,31,34)/t8-,10+,11+,12-,16-,17+,21+,43+/m0/s1. The van der Waals surface area contributed by atoms with Crippen LogP contribution in [0.1, 0.15) is 24.3 Å². The normalized spacial score (nSPS) is 33.9. The number of anilines is 2. The van der Waals surface area contributed by atoms with Gasteiger partial charge in [-0.25, -0.2) is 28.1 Å². The zero-order chi connectivity index (χ0) is 31.8. The molecule has 6 N–H and O–H groups in total. The number of thiol groups is 1. The first-order valence-electron chi connectivity index (χ1n) is 13.4. The number of alkyl halides is 1. The Morgan fingerprint density at radius 2 is 1.98 bits per heavy atom. The largest absolute Gasteiger partial charge is 0.386 e. The van der Waals surface area contributed by atoms with E-state index < -0.39 is 78.7 Å². The Morgan fingerprint density at radius 1 is 1.18 bits per heavy atom. The van der Waals surface area contributed by atoms with E-state index in [4.69, 9.17) is 34.2 Å². The maximum absolute atomic E-state index is 16.1. The highest BCUT2D eigenvalue weighted by Crippen LogP contribution is 2.57. The Bertz CT molecular complexity index is 2020. The van der Waals surface area contributed by atoms with Gasteiger partial charge in [-0.3, -0.25) is 23.4 Å². The number of imidazole rings is 1. The number of hydrogen-bond acceptors (Lipinski definition) is 15. The summed E-state index contributed by atoms with van der Waals surface area (Å²) >= 11 is 4.05. The molecule has 2 bridgehead atoms. The van der Waals surface area contributed by atoms with Gasteiger partial charge in [0.25, 0.3) is 5.56 Å². The van der Waals surface area contributed by atoms with Gasteiger partial charge >= 0.3 is 17.1 Å². The predicted octanol–water partition coefficient (Wildman–Crippen LogP) is 0.00430. The summed E-state index contributed by atoms with van der Waals surface area (Å²) in [6.07, 6.45) is -5.60. The summed E-state index contributed by atoms with van der Waals surface area (Å²) in [5.74, 6) is -0.0479. The van der Waals surface area contributed by atoms with Gasteiger partial charge in [-0.15, -0.1) is 0 Å². The van der Waals surface area contributed by atoms with Crippen LogP contribution < -0.4 is 21.7 Å². The van der Waals surface area contributed by atoms with E-state index in [9.17, 15) is 17.8 Å². The number of aryl methyl sites for hydroxylation is 1. The molecule has 4 aromatic heterocycles. The molecule has 45 heavy (non-hydrogen) atoms. The molecule has 23 heteroatoms. The van der Waals surface area contributed by atoms with Gasteiger partial charge in [0.15, 0.2) is 29.4 Å². The van der Waals surface area contributed by atoms with Crippen LogP contribution in [0.3, 0.4) is 0 Å². The molecular formula is C22H26FN10O9PS2. The van der Waals surface area contributed by atoms with Crippen molar-refractivity contribution in [1.82, 2.24) is 38.8 Å². The number of aromatic amines is 1. The topological polar surface area (TPSA) is 256 Å². The predicted molar refractivity (Wildman–Crippen MR) is 156 cm³/mol. The van der Waals surface area contributed by atoms with E-state index in [-0.39, 0.29) is 34.9 Å². The highest BCUT2D eigenvalue weighted by molar-refractivity contribution is 8.44. The number of rotatable bonds is 2. The van der Waals surface area contributed by atoms with E-state index in [2.05, 4.69) is 41.9 Å². The van der Waals surface area contributed by atoms with Crippen molar-refractivity contribution in [1.29, 1.82) is 0 Å². The molecule has 0 aromatic carbocycles. The van der Waals surface area contributed by atoms with Crippen molar-refractivity contribution in [2.45, 2.75) is 49.3 Å². The number of nitrogen functional groups attached to an aromatic ring is 2. The van der Waals surface area contributed by atoms with Crippen molar-refractivity contribution >= 4 is 63.3 Å². The van der Waals surface area contributed by atoms with E-state index >= 15 is 4.39 Å². The highest BCUT2D eigenvalue weighted by Gasteiger charge is 2.51. The third-order valence-electron chi connectivity index (χ3n) is 7.67. The maximum Gasteiger partial charge on any atom is 0.386 e. The van der Waals surface area contributed by atoms with E-state index in [1.165, 1.54) is 17.2 Å². The Balaban J connectivity index is 1.20. The minimum atomic E-state index is -4.56. The van der Waals surface area contributed by atoms with Crippen molar-refractivity contribution in [2.75, 3.05) is 24.6 Å². The van der Waals surface area contributed by atoms with Gasteiger partial charge < -0.3 is 25.5 Å². The molecular weight excluding hydrogens is 662 g/mol. The van der Waals surface area contributed by atoms with E-state index in [1.807, 2.05) is 0 Å². The first kappa shape index (κ1) is 30.4. The summed E-state index contributed by atoms with van der Waals surface area (Å²) in [5.41, 5.74) is 12.0. The molecule has 3 aliphatic rings. The van der Waals surface area contributed by atoms with Crippen molar-refractivity contribution in [3.8, 4) is 0 Å². The zero-order valence-corrected chi connectivity index (χ0v) is 25.7. The number of nitrogens with one attached hydrogen (secondary N) is 2. The van der Waals surface area contributed by atoms with Crippen LogP contribution in [0, 0.1) is 0 Å².